The highest BCUT2D eigenvalue weighted by molar-refractivity contribution is 5.98. The maximum absolute atomic E-state index is 13.7. The molecule has 1 aliphatic heterocycles. The Morgan fingerprint density at radius 1 is 1.22 bits per heavy atom. The predicted octanol–water partition coefficient (Wildman–Crippen LogP) is 3.50. The molecule has 1 N–H and O–H groups in total. The summed E-state index contributed by atoms with van der Waals surface area (Å²) in [5.74, 6) is 0.862. The molecule has 1 aliphatic rings. The molecular weight excluding hydrogens is 456 g/mol. The van der Waals surface area contributed by atoms with Gasteiger partial charge in [0.1, 0.15) is 17.4 Å². The Morgan fingerprint density at radius 2 is 2.06 bits per heavy atom. The van der Waals surface area contributed by atoms with Crippen LogP contribution in [0.2, 0.25) is 0 Å². The first kappa shape index (κ1) is 25.6. The standard InChI is InChI=1S/C28H34N4O4/c1-19-15-32(20(2)18-33)28(34)25-12-23(22-8-5-9-24(11-22)35-4)14-30-27(25)36-26(19)17-31(3)16-21-7-6-10-29-13-21/h5-14,19-20,26,33H,15-18H2,1-4H3/t19-,20-,26-/m1/s1. The minimum absolute atomic E-state index is 0.0207. The number of methoxy groups -OCH3 is 1. The van der Waals surface area contributed by atoms with Crippen LogP contribution in [0, 0.1) is 5.92 Å². The van der Waals surface area contributed by atoms with Crippen LogP contribution < -0.4 is 9.47 Å². The molecule has 0 aliphatic carbocycles. The topological polar surface area (TPSA) is 88.0 Å². The summed E-state index contributed by atoms with van der Waals surface area (Å²) in [5.41, 5.74) is 3.19. The number of fused-ring (bicyclic) bond motifs is 1. The number of hydrogen-bond acceptors (Lipinski definition) is 7. The fraction of sp³-hybridized carbons (Fsp3) is 0.393. The Kier molecular flexibility index (Phi) is 8.18. The number of aliphatic hydroxyl groups excluding tert-OH is 1. The number of aromatic nitrogens is 2. The third kappa shape index (κ3) is 5.83. The van der Waals surface area contributed by atoms with Gasteiger partial charge in [-0.3, -0.25) is 14.7 Å². The van der Waals surface area contributed by atoms with Crippen LogP contribution >= 0.6 is 0 Å². The van der Waals surface area contributed by atoms with Crippen molar-refractivity contribution in [1.82, 2.24) is 19.8 Å². The Bertz CT molecular complexity index is 1170. The molecule has 36 heavy (non-hydrogen) atoms. The lowest BCUT2D eigenvalue weighted by atomic mass is 9.99. The molecule has 0 spiro atoms. The van der Waals surface area contributed by atoms with Crippen LogP contribution in [0.1, 0.15) is 29.8 Å². The van der Waals surface area contributed by atoms with E-state index in [1.807, 2.05) is 62.6 Å². The third-order valence-corrected chi connectivity index (χ3v) is 6.59. The number of carbonyl (C=O) groups excluding carboxylic acids is 1. The second-order valence-electron chi connectivity index (χ2n) is 9.49. The number of pyridine rings is 2. The zero-order valence-electron chi connectivity index (χ0n) is 21.3. The van der Waals surface area contributed by atoms with Gasteiger partial charge in [0.25, 0.3) is 5.91 Å². The summed E-state index contributed by atoms with van der Waals surface area (Å²) in [6, 6.07) is 13.1. The van der Waals surface area contributed by atoms with Gasteiger partial charge in [-0.25, -0.2) is 4.98 Å². The van der Waals surface area contributed by atoms with Crippen molar-refractivity contribution in [3.8, 4) is 22.8 Å². The molecular formula is C28H34N4O4. The van der Waals surface area contributed by atoms with Crippen LogP contribution in [0.5, 0.6) is 11.6 Å². The second kappa shape index (κ2) is 11.5. The minimum Gasteiger partial charge on any atom is -0.497 e. The lowest BCUT2D eigenvalue weighted by Crippen LogP contribution is -2.49. The van der Waals surface area contributed by atoms with E-state index in [2.05, 4.69) is 21.8 Å². The number of likely N-dealkylation sites (N-methyl/N-ethyl adjacent to an activating group) is 1. The summed E-state index contributed by atoms with van der Waals surface area (Å²) < 4.78 is 11.8. The van der Waals surface area contributed by atoms with E-state index in [4.69, 9.17) is 9.47 Å². The smallest absolute Gasteiger partial charge is 0.259 e. The van der Waals surface area contributed by atoms with E-state index in [1.165, 1.54) is 0 Å². The van der Waals surface area contributed by atoms with Crippen molar-refractivity contribution in [2.75, 3.05) is 33.9 Å². The van der Waals surface area contributed by atoms with Crippen molar-refractivity contribution >= 4 is 5.91 Å². The number of benzene rings is 1. The van der Waals surface area contributed by atoms with E-state index >= 15 is 0 Å². The normalized spacial score (nSPS) is 18.7. The zero-order valence-corrected chi connectivity index (χ0v) is 21.3. The van der Waals surface area contributed by atoms with Crippen molar-refractivity contribution < 1.29 is 19.4 Å². The molecule has 1 aromatic carbocycles. The summed E-state index contributed by atoms with van der Waals surface area (Å²) in [4.78, 5) is 26.4. The first-order chi connectivity index (χ1) is 17.4. The van der Waals surface area contributed by atoms with Gasteiger partial charge in [-0.05, 0) is 49.4 Å². The predicted molar refractivity (Wildman–Crippen MR) is 138 cm³/mol. The maximum atomic E-state index is 13.7. The minimum atomic E-state index is -0.333. The lowest BCUT2D eigenvalue weighted by molar-refractivity contribution is 0.0325. The van der Waals surface area contributed by atoms with Crippen LogP contribution in [0.25, 0.3) is 11.1 Å². The quantitative estimate of drug-likeness (QED) is 0.517. The lowest BCUT2D eigenvalue weighted by Gasteiger charge is -2.37. The molecule has 0 saturated carbocycles. The number of ether oxygens (including phenoxy) is 2. The van der Waals surface area contributed by atoms with Gasteiger partial charge in [0.2, 0.25) is 5.88 Å². The SMILES string of the molecule is COc1cccc(-c2cnc3c(c2)C(=O)N([C@H](C)CO)C[C@@H](C)[C@@H](CN(C)Cc2cccnc2)O3)c1. The van der Waals surface area contributed by atoms with Crippen LogP contribution in [0.3, 0.4) is 0 Å². The van der Waals surface area contributed by atoms with Crippen LogP contribution in [-0.2, 0) is 6.54 Å². The number of rotatable bonds is 8. The average molecular weight is 491 g/mol. The van der Waals surface area contributed by atoms with Gasteiger partial charge < -0.3 is 19.5 Å². The number of carbonyl (C=O) groups is 1. The van der Waals surface area contributed by atoms with Crippen LogP contribution in [0.4, 0.5) is 0 Å². The van der Waals surface area contributed by atoms with Gasteiger partial charge in [0, 0.05) is 49.7 Å². The molecule has 3 atom stereocenters. The second-order valence-corrected chi connectivity index (χ2v) is 9.49. The number of hydrogen-bond donors (Lipinski definition) is 1. The van der Waals surface area contributed by atoms with E-state index in [9.17, 15) is 9.90 Å². The van der Waals surface area contributed by atoms with Crippen molar-refractivity contribution in [2.45, 2.75) is 32.5 Å². The van der Waals surface area contributed by atoms with E-state index in [-0.39, 0.29) is 30.6 Å². The summed E-state index contributed by atoms with van der Waals surface area (Å²) in [5, 5.41) is 9.90. The molecule has 3 aromatic rings. The first-order valence-electron chi connectivity index (χ1n) is 12.2. The number of amides is 1. The summed E-state index contributed by atoms with van der Waals surface area (Å²) >= 11 is 0. The zero-order chi connectivity index (χ0) is 25.7. The summed E-state index contributed by atoms with van der Waals surface area (Å²) in [7, 11) is 3.66. The monoisotopic (exact) mass is 490 g/mol. The molecule has 0 radical (unpaired) electrons. The molecule has 1 amide bonds. The van der Waals surface area contributed by atoms with Crippen molar-refractivity contribution in [1.29, 1.82) is 0 Å². The fourth-order valence-corrected chi connectivity index (χ4v) is 4.46. The Hall–Kier alpha value is -3.49. The van der Waals surface area contributed by atoms with Crippen molar-refractivity contribution in [3.05, 3.63) is 72.2 Å². The molecule has 0 bridgehead atoms. The number of nitrogens with zero attached hydrogens (tertiary/aromatic N) is 4. The molecule has 2 aromatic heterocycles. The molecule has 8 heteroatoms. The molecule has 0 unspecified atom stereocenters. The van der Waals surface area contributed by atoms with Crippen molar-refractivity contribution in [3.63, 3.8) is 0 Å². The first-order valence-corrected chi connectivity index (χ1v) is 12.2. The van der Waals surface area contributed by atoms with Gasteiger partial charge in [-0.15, -0.1) is 0 Å². The molecule has 8 nitrogen and oxygen atoms in total. The van der Waals surface area contributed by atoms with Crippen molar-refractivity contribution in [2.24, 2.45) is 5.92 Å². The maximum Gasteiger partial charge on any atom is 0.259 e. The Morgan fingerprint density at radius 3 is 2.78 bits per heavy atom. The highest BCUT2D eigenvalue weighted by atomic mass is 16.5. The number of aliphatic hydroxyl groups is 1. The van der Waals surface area contributed by atoms with E-state index in [0.29, 0.717) is 24.5 Å². The summed E-state index contributed by atoms with van der Waals surface area (Å²) in [6.07, 6.45) is 5.14. The third-order valence-electron chi connectivity index (χ3n) is 6.59. The van der Waals surface area contributed by atoms with Gasteiger partial charge in [-0.2, -0.15) is 0 Å². The molecule has 190 valence electrons. The summed E-state index contributed by atoms with van der Waals surface area (Å²) in [6.45, 7) is 5.64. The van der Waals surface area contributed by atoms with Gasteiger partial charge in [-0.1, -0.05) is 25.1 Å². The fourth-order valence-electron chi connectivity index (χ4n) is 4.46. The van der Waals surface area contributed by atoms with Gasteiger partial charge in [0.05, 0.1) is 19.8 Å². The largest absolute Gasteiger partial charge is 0.497 e. The van der Waals surface area contributed by atoms with E-state index in [0.717, 1.165) is 29.0 Å². The highest BCUT2D eigenvalue weighted by Crippen LogP contribution is 2.31. The van der Waals surface area contributed by atoms with Gasteiger partial charge >= 0.3 is 0 Å². The molecule has 3 heterocycles. The van der Waals surface area contributed by atoms with Gasteiger partial charge in [0.15, 0.2) is 0 Å². The van der Waals surface area contributed by atoms with Crippen LogP contribution in [-0.4, -0.2) is 76.8 Å². The Balaban J connectivity index is 1.66. The molecule has 0 fully saturated rings. The highest BCUT2D eigenvalue weighted by Gasteiger charge is 2.34. The van der Waals surface area contributed by atoms with E-state index in [1.54, 1.807) is 24.4 Å². The van der Waals surface area contributed by atoms with Crippen LogP contribution in [0.15, 0.2) is 61.1 Å². The van der Waals surface area contributed by atoms with E-state index < -0.39 is 0 Å². The Labute approximate surface area is 212 Å². The molecule has 0 saturated heterocycles. The molecule has 4 rings (SSSR count). The average Bonchev–Trinajstić information content (AvgIpc) is 2.90.